The highest BCUT2D eigenvalue weighted by Gasteiger charge is 2.57. The minimum absolute atomic E-state index is 0.00690. The van der Waals surface area contributed by atoms with Crippen LogP contribution in [0, 0.1) is 23.7 Å². The summed E-state index contributed by atoms with van der Waals surface area (Å²) in [5, 5.41) is 0. The van der Waals surface area contributed by atoms with E-state index in [4.69, 9.17) is 4.74 Å². The third kappa shape index (κ3) is 3.87. The van der Waals surface area contributed by atoms with E-state index in [0.29, 0.717) is 17.8 Å². The van der Waals surface area contributed by atoms with E-state index < -0.39 is 0 Å². The number of rotatable bonds is 5. The Balaban J connectivity index is 1.54. The van der Waals surface area contributed by atoms with Gasteiger partial charge in [0.2, 0.25) is 0 Å². The van der Waals surface area contributed by atoms with Gasteiger partial charge in [-0.15, -0.1) is 0 Å². The van der Waals surface area contributed by atoms with Gasteiger partial charge in [0.25, 0.3) is 0 Å². The summed E-state index contributed by atoms with van der Waals surface area (Å²) in [5.41, 5.74) is 2.49. The van der Waals surface area contributed by atoms with E-state index in [-0.39, 0.29) is 29.8 Å². The molecule has 0 unspecified atom stereocenters. The van der Waals surface area contributed by atoms with Crippen molar-refractivity contribution in [2.45, 2.75) is 58.0 Å². The van der Waals surface area contributed by atoms with E-state index in [1.54, 1.807) is 0 Å². The molecule has 2 aromatic carbocycles. The summed E-state index contributed by atoms with van der Waals surface area (Å²) in [6.45, 7) is 6.81. The minimum atomic E-state index is -0.0603. The molecule has 2 fully saturated rings. The number of hydrogen-bond acceptors (Lipinski definition) is 2. The molecule has 0 aromatic heterocycles. The quantitative estimate of drug-likeness (QED) is 0.582. The van der Waals surface area contributed by atoms with Crippen molar-refractivity contribution in [2.24, 2.45) is 23.7 Å². The van der Waals surface area contributed by atoms with Crippen LogP contribution in [0.4, 0.5) is 0 Å². The Labute approximate surface area is 169 Å². The number of esters is 1. The van der Waals surface area contributed by atoms with Crippen LogP contribution in [0.2, 0.25) is 0 Å². The van der Waals surface area contributed by atoms with Gasteiger partial charge in [-0.1, -0.05) is 87.9 Å². The second kappa shape index (κ2) is 8.11. The monoisotopic (exact) mass is 376 g/mol. The van der Waals surface area contributed by atoms with Gasteiger partial charge in [0.15, 0.2) is 0 Å². The summed E-state index contributed by atoms with van der Waals surface area (Å²) in [5.74, 6) is 2.09. The second-order valence-electron chi connectivity index (χ2n) is 9.20. The van der Waals surface area contributed by atoms with Crippen LogP contribution in [-0.4, -0.2) is 12.1 Å². The molecule has 2 aliphatic rings. The lowest BCUT2D eigenvalue weighted by atomic mass is 9.75. The molecule has 0 aliphatic heterocycles. The number of carbonyl (C=O) groups is 1. The molecule has 148 valence electrons. The molecule has 2 aliphatic carbocycles. The third-order valence-corrected chi connectivity index (χ3v) is 6.89. The van der Waals surface area contributed by atoms with Crippen LogP contribution in [0.1, 0.15) is 63.0 Å². The van der Waals surface area contributed by atoms with Crippen molar-refractivity contribution in [1.29, 1.82) is 0 Å². The van der Waals surface area contributed by atoms with Gasteiger partial charge in [-0.25, -0.2) is 0 Å². The zero-order chi connectivity index (χ0) is 19.7. The van der Waals surface area contributed by atoms with Crippen molar-refractivity contribution in [3.05, 3.63) is 71.8 Å². The van der Waals surface area contributed by atoms with Crippen molar-refractivity contribution in [1.82, 2.24) is 0 Å². The van der Waals surface area contributed by atoms with Gasteiger partial charge in [0.1, 0.15) is 6.10 Å². The van der Waals surface area contributed by atoms with Gasteiger partial charge in [0.05, 0.1) is 5.92 Å². The average molecular weight is 377 g/mol. The van der Waals surface area contributed by atoms with Crippen molar-refractivity contribution in [3.63, 3.8) is 0 Å². The molecule has 2 aromatic rings. The minimum Gasteiger partial charge on any atom is -0.462 e. The second-order valence-corrected chi connectivity index (χ2v) is 9.20. The van der Waals surface area contributed by atoms with Crippen LogP contribution >= 0.6 is 0 Å². The molecule has 0 radical (unpaired) electrons. The summed E-state index contributed by atoms with van der Waals surface area (Å²) in [6.07, 6.45) is 3.50. The molecule has 2 nitrogen and oxygen atoms in total. The first-order valence-electron chi connectivity index (χ1n) is 10.9. The van der Waals surface area contributed by atoms with Gasteiger partial charge < -0.3 is 4.74 Å². The molecule has 0 bridgehead atoms. The van der Waals surface area contributed by atoms with E-state index in [1.165, 1.54) is 24.0 Å². The maximum absolute atomic E-state index is 13.3. The molecule has 4 rings (SSSR count). The summed E-state index contributed by atoms with van der Waals surface area (Å²) < 4.78 is 6.22. The lowest BCUT2D eigenvalue weighted by Gasteiger charge is -2.36. The van der Waals surface area contributed by atoms with E-state index in [1.807, 2.05) is 12.1 Å². The standard InChI is InChI=1S/C26H32O2/c1-17(2)21-15-14-18(3)16-22(21)28-26(27)25-23(19-10-6-4-7-11-19)24(25)20-12-8-5-9-13-20/h4-13,17-18,21-25H,14-16H2,1-3H3/t18-,21+,22+,23-,24-/m1/s1. The Morgan fingerprint density at radius 3 is 1.93 bits per heavy atom. The molecule has 0 spiro atoms. The Bertz CT molecular complexity index is 737. The van der Waals surface area contributed by atoms with Crippen molar-refractivity contribution in [2.75, 3.05) is 0 Å². The summed E-state index contributed by atoms with van der Waals surface area (Å²) >= 11 is 0. The first-order chi connectivity index (χ1) is 13.6. The summed E-state index contributed by atoms with van der Waals surface area (Å²) in [6, 6.07) is 20.9. The molecule has 5 atom stereocenters. The molecular weight excluding hydrogens is 344 g/mol. The van der Waals surface area contributed by atoms with Gasteiger partial charge >= 0.3 is 5.97 Å². The van der Waals surface area contributed by atoms with Gasteiger partial charge in [0, 0.05) is 11.8 Å². The zero-order valence-electron chi connectivity index (χ0n) is 17.3. The van der Waals surface area contributed by atoms with Crippen molar-refractivity contribution < 1.29 is 9.53 Å². The predicted octanol–water partition coefficient (Wildman–Crippen LogP) is 6.19. The molecular formula is C26H32O2. The first kappa shape index (κ1) is 19.2. The molecule has 0 saturated heterocycles. The maximum atomic E-state index is 13.3. The largest absolute Gasteiger partial charge is 0.462 e. The van der Waals surface area contributed by atoms with Crippen molar-refractivity contribution >= 4 is 5.97 Å². The molecule has 28 heavy (non-hydrogen) atoms. The van der Waals surface area contributed by atoms with Crippen LogP contribution in [0.25, 0.3) is 0 Å². The number of hydrogen-bond donors (Lipinski definition) is 0. The first-order valence-corrected chi connectivity index (χ1v) is 10.9. The zero-order valence-corrected chi connectivity index (χ0v) is 17.3. The van der Waals surface area contributed by atoms with E-state index in [0.717, 1.165) is 6.42 Å². The molecule has 0 heterocycles. The van der Waals surface area contributed by atoms with E-state index in [2.05, 4.69) is 69.3 Å². The molecule has 0 N–H and O–H groups in total. The fourth-order valence-electron chi connectivity index (χ4n) is 5.26. The van der Waals surface area contributed by atoms with Crippen LogP contribution in [0.5, 0.6) is 0 Å². The fraction of sp³-hybridized carbons (Fsp3) is 0.500. The highest BCUT2D eigenvalue weighted by Crippen LogP contribution is 2.61. The van der Waals surface area contributed by atoms with Crippen molar-refractivity contribution in [3.8, 4) is 0 Å². The number of carbonyl (C=O) groups excluding carboxylic acids is 1. The normalized spacial score (nSPS) is 32.1. The maximum Gasteiger partial charge on any atom is 0.310 e. The smallest absolute Gasteiger partial charge is 0.310 e. The average Bonchev–Trinajstić information content (AvgIpc) is 3.45. The third-order valence-electron chi connectivity index (χ3n) is 6.89. The van der Waals surface area contributed by atoms with Crippen LogP contribution < -0.4 is 0 Å². The highest BCUT2D eigenvalue weighted by molar-refractivity contribution is 5.80. The van der Waals surface area contributed by atoms with E-state index >= 15 is 0 Å². The van der Waals surface area contributed by atoms with Gasteiger partial charge in [-0.2, -0.15) is 0 Å². The Morgan fingerprint density at radius 1 is 0.893 bits per heavy atom. The fourth-order valence-corrected chi connectivity index (χ4v) is 5.26. The Kier molecular flexibility index (Phi) is 5.57. The van der Waals surface area contributed by atoms with E-state index in [9.17, 15) is 4.79 Å². The molecule has 0 amide bonds. The van der Waals surface area contributed by atoms with Crippen LogP contribution in [0.15, 0.2) is 60.7 Å². The van der Waals surface area contributed by atoms with Gasteiger partial charge in [-0.05, 0) is 41.7 Å². The SMILES string of the molecule is CC(C)[C@@H]1CC[C@@H](C)C[C@@H]1OC(=O)C1[C@H](c2ccccc2)[C@H]1c1ccccc1. The van der Waals surface area contributed by atoms with Gasteiger partial charge in [-0.3, -0.25) is 4.79 Å². The lowest BCUT2D eigenvalue weighted by Crippen LogP contribution is -2.36. The van der Waals surface area contributed by atoms with Crippen LogP contribution in [0.3, 0.4) is 0 Å². The molecule has 2 heteroatoms. The summed E-state index contributed by atoms with van der Waals surface area (Å²) in [7, 11) is 0. The lowest BCUT2D eigenvalue weighted by molar-refractivity contribution is -0.157. The summed E-state index contributed by atoms with van der Waals surface area (Å²) in [4.78, 5) is 13.3. The predicted molar refractivity (Wildman–Crippen MR) is 113 cm³/mol. The number of benzene rings is 2. The Morgan fingerprint density at radius 2 is 1.43 bits per heavy atom. The number of ether oxygens (including phenoxy) is 1. The topological polar surface area (TPSA) is 26.3 Å². The van der Waals surface area contributed by atoms with Crippen LogP contribution in [-0.2, 0) is 9.53 Å². The highest BCUT2D eigenvalue weighted by atomic mass is 16.5. The Hall–Kier alpha value is -2.09. The molecule has 2 saturated carbocycles.